The molecule has 2 aromatic rings. The Bertz CT molecular complexity index is 857. The molecule has 6 nitrogen and oxygen atoms in total. The molecule has 174 valence electrons. The molecule has 0 spiro atoms. The number of rotatable bonds is 13. The first-order valence-corrected chi connectivity index (χ1v) is 11.6. The number of carbonyl (C=O) groups is 1. The van der Waals surface area contributed by atoms with Crippen molar-refractivity contribution in [3.8, 4) is 5.75 Å². The van der Waals surface area contributed by atoms with Crippen molar-refractivity contribution in [1.29, 1.82) is 0 Å². The van der Waals surface area contributed by atoms with Gasteiger partial charge in [-0.15, -0.1) is 0 Å². The van der Waals surface area contributed by atoms with E-state index in [4.69, 9.17) is 14.2 Å². The number of hydrogen-bond donors (Lipinski definition) is 1. The summed E-state index contributed by atoms with van der Waals surface area (Å²) in [6.45, 7) is 6.99. The molecule has 0 saturated carbocycles. The number of carbonyl (C=O) groups excluding carboxylic acids is 1. The predicted molar refractivity (Wildman–Crippen MR) is 128 cm³/mol. The van der Waals surface area contributed by atoms with Gasteiger partial charge in [0, 0.05) is 44.5 Å². The molecule has 1 aliphatic heterocycles. The molecule has 3 rings (SSSR count). The minimum Gasteiger partial charge on any atom is -0.489 e. The molecule has 1 saturated heterocycles. The Kier molecular flexibility index (Phi) is 10.5. The number of morpholine rings is 1. The Morgan fingerprint density at radius 3 is 2.78 bits per heavy atom. The highest BCUT2D eigenvalue weighted by Crippen LogP contribution is 2.25. The SMILES string of the molecule is COC(=O)CCCCC=C(CNCCN1CCOCC1)COc1cccc2ccccc12. The van der Waals surface area contributed by atoms with Crippen LogP contribution in [0.3, 0.4) is 0 Å². The molecule has 1 heterocycles. The van der Waals surface area contributed by atoms with Gasteiger partial charge >= 0.3 is 5.97 Å². The quantitative estimate of drug-likeness (QED) is 0.290. The first-order chi connectivity index (χ1) is 15.8. The second kappa shape index (κ2) is 13.9. The van der Waals surface area contributed by atoms with Crippen molar-refractivity contribution in [2.24, 2.45) is 0 Å². The summed E-state index contributed by atoms with van der Waals surface area (Å²) in [7, 11) is 1.44. The van der Waals surface area contributed by atoms with Crippen molar-refractivity contribution < 1.29 is 19.0 Å². The van der Waals surface area contributed by atoms with Gasteiger partial charge in [-0.1, -0.05) is 42.5 Å². The third kappa shape index (κ3) is 8.26. The molecule has 1 N–H and O–H groups in total. The Labute approximate surface area is 191 Å². The third-order valence-electron chi connectivity index (χ3n) is 5.72. The number of ether oxygens (including phenoxy) is 3. The molecule has 0 unspecified atom stereocenters. The zero-order valence-electron chi connectivity index (χ0n) is 19.2. The Morgan fingerprint density at radius 2 is 1.94 bits per heavy atom. The number of nitrogens with one attached hydrogen (secondary N) is 1. The number of esters is 1. The maximum atomic E-state index is 11.3. The highest BCUT2D eigenvalue weighted by molar-refractivity contribution is 5.88. The van der Waals surface area contributed by atoms with E-state index in [1.54, 1.807) is 0 Å². The average molecular weight is 441 g/mol. The molecule has 0 bridgehead atoms. The second-order valence-electron chi connectivity index (χ2n) is 8.08. The van der Waals surface area contributed by atoms with Gasteiger partial charge < -0.3 is 19.5 Å². The highest BCUT2D eigenvalue weighted by Gasteiger charge is 2.09. The average Bonchev–Trinajstić information content (AvgIpc) is 2.84. The lowest BCUT2D eigenvalue weighted by Crippen LogP contribution is -2.40. The molecule has 6 heteroatoms. The lowest BCUT2D eigenvalue weighted by molar-refractivity contribution is -0.140. The van der Waals surface area contributed by atoms with E-state index in [1.165, 1.54) is 18.1 Å². The number of allylic oxidation sites excluding steroid dienone is 1. The summed E-state index contributed by atoms with van der Waals surface area (Å²) >= 11 is 0. The largest absolute Gasteiger partial charge is 0.489 e. The Morgan fingerprint density at radius 1 is 1.12 bits per heavy atom. The monoisotopic (exact) mass is 440 g/mol. The van der Waals surface area contributed by atoms with Crippen LogP contribution in [0.1, 0.15) is 25.7 Å². The van der Waals surface area contributed by atoms with Crippen LogP contribution in [0.2, 0.25) is 0 Å². The molecule has 1 fully saturated rings. The summed E-state index contributed by atoms with van der Waals surface area (Å²) in [6, 6.07) is 14.5. The van der Waals surface area contributed by atoms with E-state index < -0.39 is 0 Å². The standard InChI is InChI=1S/C26H36N2O4/c1-30-26(29)13-4-2-3-8-22(20-27-14-15-28-16-18-31-19-17-28)21-32-25-12-7-10-23-9-5-6-11-24(23)25/h5-12,27H,2-4,13-21H2,1H3. The Balaban J connectivity index is 1.51. The molecule has 0 aliphatic carbocycles. The summed E-state index contributed by atoms with van der Waals surface area (Å²) in [5, 5.41) is 5.88. The first-order valence-electron chi connectivity index (χ1n) is 11.6. The molecule has 0 amide bonds. The topological polar surface area (TPSA) is 60.0 Å². The lowest BCUT2D eigenvalue weighted by Gasteiger charge is -2.26. The predicted octanol–water partition coefficient (Wildman–Crippen LogP) is 3.80. The number of benzene rings is 2. The molecule has 0 atom stereocenters. The number of nitrogens with zero attached hydrogens (tertiary/aromatic N) is 1. The third-order valence-corrected chi connectivity index (χ3v) is 5.72. The van der Waals surface area contributed by atoms with Crippen molar-refractivity contribution in [2.75, 3.05) is 59.7 Å². The fraction of sp³-hybridized carbons (Fsp3) is 0.500. The van der Waals surface area contributed by atoms with Gasteiger partial charge in [-0.3, -0.25) is 9.69 Å². The normalized spacial score (nSPS) is 15.1. The van der Waals surface area contributed by atoms with Crippen LogP contribution in [0.5, 0.6) is 5.75 Å². The smallest absolute Gasteiger partial charge is 0.305 e. The van der Waals surface area contributed by atoms with Crippen LogP contribution in [0.15, 0.2) is 54.1 Å². The van der Waals surface area contributed by atoms with E-state index >= 15 is 0 Å². The van der Waals surface area contributed by atoms with Gasteiger partial charge in [-0.2, -0.15) is 0 Å². The van der Waals surface area contributed by atoms with Crippen LogP contribution in [0.25, 0.3) is 10.8 Å². The van der Waals surface area contributed by atoms with Gasteiger partial charge in [0.25, 0.3) is 0 Å². The molecule has 32 heavy (non-hydrogen) atoms. The van der Waals surface area contributed by atoms with Gasteiger partial charge in [0.1, 0.15) is 12.4 Å². The summed E-state index contributed by atoms with van der Waals surface area (Å²) in [5.74, 6) is 0.770. The van der Waals surface area contributed by atoms with Crippen LogP contribution < -0.4 is 10.1 Å². The summed E-state index contributed by atoms with van der Waals surface area (Å²) in [6.07, 6.45) is 5.45. The fourth-order valence-electron chi connectivity index (χ4n) is 3.81. The second-order valence-corrected chi connectivity index (χ2v) is 8.08. The lowest BCUT2D eigenvalue weighted by atomic mass is 10.1. The molecule has 0 radical (unpaired) electrons. The summed E-state index contributed by atoms with van der Waals surface area (Å²) in [5.41, 5.74) is 1.23. The molecular formula is C26H36N2O4. The molecule has 2 aromatic carbocycles. The van der Waals surface area contributed by atoms with Crippen LogP contribution in [0.4, 0.5) is 0 Å². The Hall–Kier alpha value is -2.41. The maximum absolute atomic E-state index is 11.3. The van der Waals surface area contributed by atoms with Crippen LogP contribution in [-0.4, -0.2) is 70.5 Å². The number of methoxy groups -OCH3 is 1. The van der Waals surface area contributed by atoms with Crippen molar-refractivity contribution in [3.05, 3.63) is 54.1 Å². The van der Waals surface area contributed by atoms with Gasteiger partial charge in [0.15, 0.2) is 0 Å². The van der Waals surface area contributed by atoms with Gasteiger partial charge in [0.2, 0.25) is 0 Å². The van der Waals surface area contributed by atoms with E-state index in [9.17, 15) is 4.79 Å². The van der Waals surface area contributed by atoms with Gasteiger partial charge in [-0.05, 0) is 36.3 Å². The van der Waals surface area contributed by atoms with Crippen LogP contribution >= 0.6 is 0 Å². The highest BCUT2D eigenvalue weighted by atomic mass is 16.5. The summed E-state index contributed by atoms with van der Waals surface area (Å²) in [4.78, 5) is 13.7. The van der Waals surface area contributed by atoms with E-state index in [0.29, 0.717) is 13.0 Å². The molecule has 1 aliphatic rings. The minimum atomic E-state index is -0.140. The minimum absolute atomic E-state index is 0.140. The fourth-order valence-corrected chi connectivity index (χ4v) is 3.81. The number of fused-ring (bicyclic) bond motifs is 1. The van der Waals surface area contributed by atoms with Gasteiger partial charge in [0.05, 0.1) is 20.3 Å². The van der Waals surface area contributed by atoms with Crippen molar-refractivity contribution in [3.63, 3.8) is 0 Å². The van der Waals surface area contributed by atoms with E-state index in [-0.39, 0.29) is 5.97 Å². The van der Waals surface area contributed by atoms with Crippen molar-refractivity contribution in [1.82, 2.24) is 10.2 Å². The van der Waals surface area contributed by atoms with E-state index in [2.05, 4.69) is 34.5 Å². The van der Waals surface area contributed by atoms with Crippen LogP contribution in [0, 0.1) is 0 Å². The van der Waals surface area contributed by atoms with Gasteiger partial charge in [-0.25, -0.2) is 0 Å². The van der Waals surface area contributed by atoms with E-state index in [1.807, 2.05) is 24.3 Å². The molecular weight excluding hydrogens is 404 g/mol. The zero-order valence-corrected chi connectivity index (χ0v) is 19.2. The number of unbranched alkanes of at least 4 members (excludes halogenated alkanes) is 2. The summed E-state index contributed by atoms with van der Waals surface area (Å²) < 4.78 is 16.4. The van der Waals surface area contributed by atoms with Crippen molar-refractivity contribution >= 4 is 16.7 Å². The van der Waals surface area contributed by atoms with E-state index in [0.717, 1.165) is 76.3 Å². The zero-order chi connectivity index (χ0) is 22.4. The maximum Gasteiger partial charge on any atom is 0.305 e. The number of hydrogen-bond acceptors (Lipinski definition) is 6. The first kappa shape index (κ1) is 24.2. The molecule has 0 aromatic heterocycles. The van der Waals surface area contributed by atoms with Crippen LogP contribution in [-0.2, 0) is 14.3 Å². The van der Waals surface area contributed by atoms with Crippen molar-refractivity contribution in [2.45, 2.75) is 25.7 Å².